The molecule has 0 spiro atoms. The molecule has 1 saturated heterocycles. The van der Waals surface area contributed by atoms with Crippen LogP contribution in [0.4, 0.5) is 4.79 Å². The normalized spacial score (nSPS) is 20.0. The molecule has 0 aromatic carbocycles. The van der Waals surface area contributed by atoms with Crippen molar-refractivity contribution >= 4 is 6.09 Å². The molecule has 2 heterocycles. The highest BCUT2D eigenvalue weighted by molar-refractivity contribution is 5.68. The third-order valence-corrected chi connectivity index (χ3v) is 3.94. The number of nitrogens with two attached hydrogens (primary N) is 1. The number of amides is 1. The predicted octanol–water partition coefficient (Wildman–Crippen LogP) is 2.15. The fourth-order valence-corrected chi connectivity index (χ4v) is 2.83. The zero-order valence-corrected chi connectivity index (χ0v) is 13.8. The number of carbonyl (C=O) groups excluding carboxylic acids is 1. The zero-order chi connectivity index (χ0) is 16.3. The van der Waals surface area contributed by atoms with Gasteiger partial charge in [0.1, 0.15) is 5.60 Å². The van der Waals surface area contributed by atoms with E-state index in [2.05, 4.69) is 10.4 Å². The monoisotopic (exact) mass is 306 g/mol. The van der Waals surface area contributed by atoms with Gasteiger partial charge in [-0.3, -0.25) is 16.3 Å². The van der Waals surface area contributed by atoms with Gasteiger partial charge in [0.25, 0.3) is 0 Å². The summed E-state index contributed by atoms with van der Waals surface area (Å²) in [6, 6.07) is 1.96. The summed E-state index contributed by atoms with van der Waals surface area (Å²) in [4.78, 5) is 18.1. The molecule has 2 atom stereocenters. The highest BCUT2D eigenvalue weighted by Gasteiger charge is 2.34. The Morgan fingerprint density at radius 2 is 2.27 bits per heavy atom. The van der Waals surface area contributed by atoms with E-state index in [0.29, 0.717) is 13.1 Å². The van der Waals surface area contributed by atoms with Crippen molar-refractivity contribution in [3.63, 3.8) is 0 Å². The summed E-state index contributed by atoms with van der Waals surface area (Å²) >= 11 is 0. The Kier molecular flexibility index (Phi) is 5.03. The Morgan fingerprint density at radius 1 is 1.55 bits per heavy atom. The highest BCUT2D eigenvalue weighted by Crippen LogP contribution is 2.31. The first kappa shape index (κ1) is 16.7. The third kappa shape index (κ3) is 3.96. The van der Waals surface area contributed by atoms with Crippen LogP contribution in [0.25, 0.3) is 0 Å². The second-order valence-electron chi connectivity index (χ2n) is 6.85. The van der Waals surface area contributed by atoms with Crippen LogP contribution < -0.4 is 11.3 Å². The number of aryl methyl sites for hydroxylation is 1. The lowest BCUT2D eigenvalue weighted by molar-refractivity contribution is 0.0285. The standard InChI is InChI=1S/C16H26N4O2/c1-11-5-7-18-9-13(11)14(19-17)12-6-8-20(10-12)15(21)22-16(2,3)4/h5,7,9,12,14,19H,6,8,10,17H2,1-4H3. The Morgan fingerprint density at radius 3 is 2.86 bits per heavy atom. The number of hydrogen-bond donors (Lipinski definition) is 2. The van der Waals surface area contributed by atoms with Crippen LogP contribution in [0.3, 0.4) is 0 Å². The number of hydrazine groups is 1. The van der Waals surface area contributed by atoms with Crippen LogP contribution in [0.5, 0.6) is 0 Å². The summed E-state index contributed by atoms with van der Waals surface area (Å²) in [5.41, 5.74) is 4.65. The van der Waals surface area contributed by atoms with Crippen molar-refractivity contribution in [1.82, 2.24) is 15.3 Å². The molecule has 22 heavy (non-hydrogen) atoms. The van der Waals surface area contributed by atoms with Crippen molar-refractivity contribution in [3.05, 3.63) is 29.6 Å². The molecule has 1 aliphatic rings. The summed E-state index contributed by atoms with van der Waals surface area (Å²) in [5, 5.41) is 0. The van der Waals surface area contributed by atoms with E-state index in [1.54, 1.807) is 11.1 Å². The molecule has 122 valence electrons. The Hall–Kier alpha value is -1.66. The van der Waals surface area contributed by atoms with Gasteiger partial charge in [-0.25, -0.2) is 4.79 Å². The molecule has 0 saturated carbocycles. The number of carbonyl (C=O) groups is 1. The van der Waals surface area contributed by atoms with Crippen molar-refractivity contribution < 1.29 is 9.53 Å². The van der Waals surface area contributed by atoms with Crippen molar-refractivity contribution in [3.8, 4) is 0 Å². The molecule has 2 rings (SSSR count). The molecule has 0 bridgehead atoms. The number of rotatable bonds is 3. The van der Waals surface area contributed by atoms with Gasteiger partial charge in [0, 0.05) is 25.5 Å². The number of nitrogens with zero attached hydrogens (tertiary/aromatic N) is 2. The van der Waals surface area contributed by atoms with E-state index >= 15 is 0 Å². The second-order valence-corrected chi connectivity index (χ2v) is 6.85. The number of nitrogens with one attached hydrogen (secondary N) is 1. The summed E-state index contributed by atoms with van der Waals surface area (Å²) in [6.07, 6.45) is 4.25. The molecule has 0 radical (unpaired) electrons. The fraction of sp³-hybridized carbons (Fsp3) is 0.625. The van der Waals surface area contributed by atoms with E-state index < -0.39 is 5.60 Å². The maximum Gasteiger partial charge on any atom is 0.410 e. The van der Waals surface area contributed by atoms with Gasteiger partial charge in [-0.2, -0.15) is 0 Å². The van der Waals surface area contributed by atoms with Gasteiger partial charge >= 0.3 is 6.09 Å². The van der Waals surface area contributed by atoms with Gasteiger partial charge in [0.05, 0.1) is 6.04 Å². The minimum absolute atomic E-state index is 0.0128. The Balaban J connectivity index is 2.05. The number of aromatic nitrogens is 1. The van der Waals surface area contributed by atoms with E-state index in [-0.39, 0.29) is 18.1 Å². The van der Waals surface area contributed by atoms with E-state index in [0.717, 1.165) is 17.5 Å². The molecule has 1 aromatic heterocycles. The fourth-order valence-electron chi connectivity index (χ4n) is 2.83. The topological polar surface area (TPSA) is 80.5 Å². The van der Waals surface area contributed by atoms with Gasteiger partial charge in [-0.15, -0.1) is 0 Å². The van der Waals surface area contributed by atoms with Gasteiger partial charge < -0.3 is 9.64 Å². The minimum Gasteiger partial charge on any atom is -0.444 e. The highest BCUT2D eigenvalue weighted by atomic mass is 16.6. The lowest BCUT2D eigenvalue weighted by atomic mass is 9.91. The van der Waals surface area contributed by atoms with Crippen molar-refractivity contribution in [2.45, 2.75) is 45.8 Å². The molecule has 1 aliphatic heterocycles. The molecular weight excluding hydrogens is 280 g/mol. The van der Waals surface area contributed by atoms with Gasteiger partial charge in [-0.05, 0) is 57.2 Å². The van der Waals surface area contributed by atoms with Crippen LogP contribution in [0.1, 0.15) is 44.4 Å². The molecule has 3 N–H and O–H groups in total. The second kappa shape index (κ2) is 6.62. The Bertz CT molecular complexity index is 527. The van der Waals surface area contributed by atoms with Crippen molar-refractivity contribution in [2.24, 2.45) is 11.8 Å². The largest absolute Gasteiger partial charge is 0.444 e. The van der Waals surface area contributed by atoms with Crippen LogP contribution in [0.15, 0.2) is 18.5 Å². The maximum absolute atomic E-state index is 12.2. The lowest BCUT2D eigenvalue weighted by Gasteiger charge is -2.26. The number of hydrogen-bond acceptors (Lipinski definition) is 5. The molecule has 2 unspecified atom stereocenters. The lowest BCUT2D eigenvalue weighted by Crippen LogP contribution is -2.38. The molecule has 6 heteroatoms. The van der Waals surface area contributed by atoms with Gasteiger partial charge in [-0.1, -0.05) is 0 Å². The van der Waals surface area contributed by atoms with E-state index in [1.165, 1.54) is 0 Å². The van der Waals surface area contributed by atoms with Gasteiger partial charge in [0.15, 0.2) is 0 Å². The third-order valence-electron chi connectivity index (χ3n) is 3.94. The van der Waals surface area contributed by atoms with Crippen LogP contribution in [-0.2, 0) is 4.74 Å². The van der Waals surface area contributed by atoms with Crippen LogP contribution >= 0.6 is 0 Å². The molecule has 1 amide bonds. The molecular formula is C16H26N4O2. The van der Waals surface area contributed by atoms with Crippen LogP contribution in [-0.4, -0.2) is 34.7 Å². The smallest absolute Gasteiger partial charge is 0.410 e. The number of pyridine rings is 1. The first-order valence-electron chi connectivity index (χ1n) is 7.66. The summed E-state index contributed by atoms with van der Waals surface area (Å²) in [5.74, 6) is 6.01. The molecule has 1 fully saturated rings. The van der Waals surface area contributed by atoms with E-state index in [9.17, 15) is 4.79 Å². The van der Waals surface area contributed by atoms with Crippen molar-refractivity contribution in [1.29, 1.82) is 0 Å². The quantitative estimate of drug-likeness (QED) is 0.660. The van der Waals surface area contributed by atoms with Crippen molar-refractivity contribution in [2.75, 3.05) is 13.1 Å². The number of ether oxygens (including phenoxy) is 1. The Labute approximate surface area is 132 Å². The average molecular weight is 306 g/mol. The van der Waals surface area contributed by atoms with Gasteiger partial charge in [0.2, 0.25) is 0 Å². The maximum atomic E-state index is 12.2. The van der Waals surface area contributed by atoms with Crippen LogP contribution in [0.2, 0.25) is 0 Å². The summed E-state index contributed by atoms with van der Waals surface area (Å²) < 4.78 is 5.44. The molecule has 1 aromatic rings. The number of likely N-dealkylation sites (tertiary alicyclic amines) is 1. The summed E-state index contributed by atoms with van der Waals surface area (Å²) in [7, 11) is 0. The SMILES string of the molecule is Cc1ccncc1C(NN)C1CCN(C(=O)OC(C)(C)C)C1. The molecule has 6 nitrogen and oxygen atoms in total. The van der Waals surface area contributed by atoms with Crippen LogP contribution in [0, 0.1) is 12.8 Å². The van der Waals surface area contributed by atoms with E-state index in [4.69, 9.17) is 10.6 Å². The first-order valence-corrected chi connectivity index (χ1v) is 7.66. The van der Waals surface area contributed by atoms with E-state index in [1.807, 2.05) is 40.0 Å². The molecule has 0 aliphatic carbocycles. The minimum atomic E-state index is -0.472. The predicted molar refractivity (Wildman–Crippen MR) is 85.0 cm³/mol. The first-order chi connectivity index (χ1) is 10.3. The zero-order valence-electron chi connectivity index (χ0n) is 13.8. The summed E-state index contributed by atoms with van der Waals surface area (Å²) in [6.45, 7) is 9.00. The average Bonchev–Trinajstić information content (AvgIpc) is 2.89.